The molecule has 1 fully saturated rings. The molecule has 0 spiro atoms. The van der Waals surface area contributed by atoms with E-state index < -0.39 is 0 Å². The van der Waals surface area contributed by atoms with E-state index in [1.54, 1.807) is 6.07 Å². The van der Waals surface area contributed by atoms with E-state index >= 15 is 0 Å². The molecule has 18 heavy (non-hydrogen) atoms. The molecule has 2 unspecified atom stereocenters. The van der Waals surface area contributed by atoms with Gasteiger partial charge in [-0.2, -0.15) is 0 Å². The standard InChI is InChI=1S/C13H16BrClFNO/c1-17-13(12-4-2-3-5-18-12)8-6-10(15)9(14)7-11(8)16/h6-7,12-13,17H,2-5H2,1H3. The van der Waals surface area contributed by atoms with Crippen LogP contribution in [-0.4, -0.2) is 19.8 Å². The zero-order chi connectivity index (χ0) is 13.1. The average molecular weight is 337 g/mol. The second kappa shape index (κ2) is 6.33. The fourth-order valence-corrected chi connectivity index (χ4v) is 2.83. The first kappa shape index (κ1) is 14.3. The van der Waals surface area contributed by atoms with Crippen molar-refractivity contribution in [1.82, 2.24) is 5.32 Å². The summed E-state index contributed by atoms with van der Waals surface area (Å²) in [6.07, 6.45) is 3.15. The summed E-state index contributed by atoms with van der Waals surface area (Å²) in [7, 11) is 1.82. The van der Waals surface area contributed by atoms with Crippen molar-refractivity contribution in [1.29, 1.82) is 0 Å². The highest BCUT2D eigenvalue weighted by molar-refractivity contribution is 9.10. The highest BCUT2D eigenvalue weighted by atomic mass is 79.9. The van der Waals surface area contributed by atoms with Gasteiger partial charge < -0.3 is 10.1 Å². The molecule has 2 atom stereocenters. The number of hydrogen-bond donors (Lipinski definition) is 1. The van der Waals surface area contributed by atoms with E-state index in [9.17, 15) is 4.39 Å². The van der Waals surface area contributed by atoms with Gasteiger partial charge in [-0.3, -0.25) is 0 Å². The van der Waals surface area contributed by atoms with Gasteiger partial charge in [-0.25, -0.2) is 4.39 Å². The first-order valence-electron chi connectivity index (χ1n) is 6.06. The summed E-state index contributed by atoms with van der Waals surface area (Å²) in [5, 5.41) is 3.65. The highest BCUT2D eigenvalue weighted by Crippen LogP contribution is 2.32. The van der Waals surface area contributed by atoms with Gasteiger partial charge in [0, 0.05) is 16.6 Å². The predicted molar refractivity (Wildman–Crippen MR) is 74.5 cm³/mol. The van der Waals surface area contributed by atoms with Gasteiger partial charge in [0.25, 0.3) is 0 Å². The summed E-state index contributed by atoms with van der Waals surface area (Å²) in [6.45, 7) is 0.745. The van der Waals surface area contributed by atoms with E-state index in [2.05, 4.69) is 21.2 Å². The van der Waals surface area contributed by atoms with Gasteiger partial charge in [-0.15, -0.1) is 0 Å². The first-order valence-corrected chi connectivity index (χ1v) is 7.24. The molecule has 5 heteroatoms. The monoisotopic (exact) mass is 335 g/mol. The lowest BCUT2D eigenvalue weighted by molar-refractivity contribution is -0.00731. The summed E-state index contributed by atoms with van der Waals surface area (Å²) < 4.78 is 20.3. The van der Waals surface area contributed by atoms with Crippen LogP contribution >= 0.6 is 27.5 Å². The van der Waals surface area contributed by atoms with Crippen LogP contribution in [0.4, 0.5) is 4.39 Å². The number of rotatable bonds is 3. The minimum Gasteiger partial charge on any atom is -0.376 e. The maximum absolute atomic E-state index is 14.0. The molecule has 1 aliphatic heterocycles. The molecule has 1 saturated heterocycles. The van der Waals surface area contributed by atoms with Crippen molar-refractivity contribution < 1.29 is 9.13 Å². The average Bonchev–Trinajstić information content (AvgIpc) is 2.38. The predicted octanol–water partition coefficient (Wildman–Crippen LogP) is 4.07. The lowest BCUT2D eigenvalue weighted by Crippen LogP contribution is -2.34. The second-order valence-electron chi connectivity index (χ2n) is 4.46. The van der Waals surface area contributed by atoms with Crippen molar-refractivity contribution in [3.8, 4) is 0 Å². The lowest BCUT2D eigenvalue weighted by atomic mass is 9.95. The first-order chi connectivity index (χ1) is 8.63. The molecule has 2 nitrogen and oxygen atoms in total. The van der Waals surface area contributed by atoms with Crippen molar-refractivity contribution in [2.75, 3.05) is 13.7 Å². The Kier molecular flexibility index (Phi) is 5.01. The number of likely N-dealkylation sites (N-methyl/N-ethyl adjacent to an activating group) is 1. The highest BCUT2D eigenvalue weighted by Gasteiger charge is 2.27. The topological polar surface area (TPSA) is 21.3 Å². The van der Waals surface area contributed by atoms with Crippen LogP contribution in [0.25, 0.3) is 0 Å². The Morgan fingerprint density at radius 3 is 2.89 bits per heavy atom. The van der Waals surface area contributed by atoms with Gasteiger partial charge in [-0.05, 0) is 54.4 Å². The lowest BCUT2D eigenvalue weighted by Gasteiger charge is -2.31. The van der Waals surface area contributed by atoms with Crippen molar-refractivity contribution in [3.05, 3.63) is 33.0 Å². The third kappa shape index (κ3) is 3.05. The van der Waals surface area contributed by atoms with Gasteiger partial charge in [0.05, 0.1) is 17.2 Å². The third-order valence-corrected chi connectivity index (χ3v) is 4.47. The molecule has 1 aliphatic rings. The molecule has 0 amide bonds. The third-order valence-electron chi connectivity index (χ3n) is 3.27. The van der Waals surface area contributed by atoms with Crippen molar-refractivity contribution in [3.63, 3.8) is 0 Å². The Hall–Kier alpha value is -0.160. The second-order valence-corrected chi connectivity index (χ2v) is 5.72. The van der Waals surface area contributed by atoms with Crippen LogP contribution in [0.1, 0.15) is 30.9 Å². The number of nitrogens with one attached hydrogen (secondary N) is 1. The van der Waals surface area contributed by atoms with Crippen molar-refractivity contribution >= 4 is 27.5 Å². The SMILES string of the molecule is CNC(c1cc(Cl)c(Br)cc1F)C1CCCCO1. The van der Waals surface area contributed by atoms with Crippen LogP contribution in [0.5, 0.6) is 0 Å². The van der Waals surface area contributed by atoms with Crippen LogP contribution in [0, 0.1) is 5.82 Å². The summed E-state index contributed by atoms with van der Waals surface area (Å²) >= 11 is 9.27. The minimum absolute atomic E-state index is 0.00971. The quantitative estimate of drug-likeness (QED) is 0.840. The van der Waals surface area contributed by atoms with E-state index in [1.807, 2.05) is 7.05 Å². The molecule has 1 aromatic rings. The molecule has 0 saturated carbocycles. The van der Waals surface area contributed by atoms with Crippen LogP contribution in [0.2, 0.25) is 5.02 Å². The van der Waals surface area contributed by atoms with Crippen LogP contribution in [0.15, 0.2) is 16.6 Å². The van der Waals surface area contributed by atoms with Crippen molar-refractivity contribution in [2.24, 2.45) is 0 Å². The van der Waals surface area contributed by atoms with Gasteiger partial charge in [0.15, 0.2) is 0 Å². The fraction of sp³-hybridized carbons (Fsp3) is 0.538. The van der Waals surface area contributed by atoms with Gasteiger partial charge in [0.1, 0.15) is 5.82 Å². The van der Waals surface area contributed by atoms with E-state index in [-0.39, 0.29) is 18.0 Å². The van der Waals surface area contributed by atoms with Crippen LogP contribution in [0.3, 0.4) is 0 Å². The zero-order valence-corrected chi connectivity index (χ0v) is 12.5. The van der Waals surface area contributed by atoms with Gasteiger partial charge >= 0.3 is 0 Å². The molecule has 0 bridgehead atoms. The number of ether oxygens (including phenoxy) is 1. The van der Waals surface area contributed by atoms with E-state index in [1.165, 1.54) is 6.07 Å². The molecule has 0 aromatic heterocycles. The summed E-state index contributed by atoms with van der Waals surface area (Å²) in [5.41, 5.74) is 0.567. The Bertz CT molecular complexity index is 424. The molecular formula is C13H16BrClFNO. The molecule has 2 rings (SSSR count). The normalized spacial score (nSPS) is 21.9. The molecule has 0 radical (unpaired) electrons. The van der Waals surface area contributed by atoms with E-state index in [0.29, 0.717) is 15.1 Å². The Morgan fingerprint density at radius 2 is 2.28 bits per heavy atom. The summed E-state index contributed by atoms with van der Waals surface area (Å²) in [6, 6.07) is 2.92. The van der Waals surface area contributed by atoms with Crippen LogP contribution in [-0.2, 0) is 4.74 Å². The van der Waals surface area contributed by atoms with E-state index in [0.717, 1.165) is 25.9 Å². The number of halogens is 3. The maximum atomic E-state index is 14.0. The fourth-order valence-electron chi connectivity index (χ4n) is 2.35. The molecule has 1 N–H and O–H groups in total. The Morgan fingerprint density at radius 1 is 1.50 bits per heavy atom. The molecule has 1 aromatic carbocycles. The molecular weight excluding hydrogens is 321 g/mol. The molecule has 1 heterocycles. The maximum Gasteiger partial charge on any atom is 0.129 e. The Balaban J connectivity index is 2.28. The molecule has 0 aliphatic carbocycles. The van der Waals surface area contributed by atoms with Crippen LogP contribution < -0.4 is 5.32 Å². The van der Waals surface area contributed by atoms with Gasteiger partial charge in [-0.1, -0.05) is 11.6 Å². The summed E-state index contributed by atoms with van der Waals surface area (Å²) in [5.74, 6) is -0.264. The largest absolute Gasteiger partial charge is 0.376 e. The zero-order valence-electron chi connectivity index (χ0n) is 10.2. The smallest absolute Gasteiger partial charge is 0.129 e. The Labute approximate surface area is 120 Å². The van der Waals surface area contributed by atoms with Crippen molar-refractivity contribution in [2.45, 2.75) is 31.4 Å². The van der Waals surface area contributed by atoms with E-state index in [4.69, 9.17) is 16.3 Å². The number of benzene rings is 1. The van der Waals surface area contributed by atoms with Gasteiger partial charge in [0.2, 0.25) is 0 Å². The molecule has 100 valence electrons. The minimum atomic E-state index is -0.264. The summed E-state index contributed by atoms with van der Waals surface area (Å²) in [4.78, 5) is 0. The number of hydrogen-bond acceptors (Lipinski definition) is 2.